The first-order valence-corrected chi connectivity index (χ1v) is 18.6. The molecule has 23 heteroatoms. The van der Waals surface area contributed by atoms with Crippen LogP contribution in [-0.2, 0) is 37.4 Å². The fourth-order valence-corrected chi connectivity index (χ4v) is 6.48. The SMILES string of the molecule is CC(C)(C)C1=C(OCF)c2nc1nc1[n-]c(nc3nc(nc4[n-]c(n2)c(C(C)(C)C)c4OCC(F)(F)F)C(C(C)(C)C)=C3OCC(F)(F)F)c(C(C)(C)C)c1OCC(F)(F)F.[Cu+2]. The van der Waals surface area contributed by atoms with Crippen LogP contribution in [0.3, 0.4) is 0 Å². The number of halogens is 10. The first kappa shape index (κ1) is 50.0. The van der Waals surface area contributed by atoms with Crippen LogP contribution in [0.5, 0.6) is 11.5 Å². The van der Waals surface area contributed by atoms with Gasteiger partial charge in [-0.05, 0) is 21.7 Å². The molecule has 0 fully saturated rings. The molecule has 1 radical (unpaired) electrons. The Labute approximate surface area is 360 Å². The van der Waals surface area contributed by atoms with Gasteiger partial charge in [0.1, 0.15) is 23.1 Å². The van der Waals surface area contributed by atoms with E-state index in [0.717, 1.165) is 0 Å². The van der Waals surface area contributed by atoms with E-state index in [-0.39, 0.29) is 62.4 Å². The summed E-state index contributed by atoms with van der Waals surface area (Å²) in [6, 6.07) is 0. The van der Waals surface area contributed by atoms with E-state index in [0.29, 0.717) is 0 Å². The minimum absolute atomic E-state index is 0. The van der Waals surface area contributed by atoms with E-state index in [1.807, 2.05) is 0 Å². The fourth-order valence-electron chi connectivity index (χ4n) is 6.48. The summed E-state index contributed by atoms with van der Waals surface area (Å²) in [6.07, 6.45) is -14.6. The van der Waals surface area contributed by atoms with E-state index >= 15 is 0 Å². The third kappa shape index (κ3) is 11.3. The van der Waals surface area contributed by atoms with Crippen molar-refractivity contribution in [1.82, 2.24) is 39.9 Å². The van der Waals surface area contributed by atoms with Gasteiger partial charge in [-0.2, -0.15) is 39.5 Å². The maximum absolute atomic E-state index is 14.2. The van der Waals surface area contributed by atoms with E-state index < -0.39 is 113 Å². The van der Waals surface area contributed by atoms with Gasteiger partial charge >= 0.3 is 35.6 Å². The maximum Gasteiger partial charge on any atom is 2.00 e. The van der Waals surface area contributed by atoms with Gasteiger partial charge in [0.15, 0.2) is 31.3 Å². The summed E-state index contributed by atoms with van der Waals surface area (Å²) >= 11 is 0. The molecule has 0 spiro atoms. The third-order valence-corrected chi connectivity index (χ3v) is 8.65. The largest absolute Gasteiger partial charge is 2.00 e. The number of nitrogens with zero attached hydrogens (tertiary/aromatic N) is 8. The van der Waals surface area contributed by atoms with Crippen molar-refractivity contribution in [2.24, 2.45) is 10.8 Å². The molecule has 3 aromatic rings. The van der Waals surface area contributed by atoms with Crippen LogP contribution in [0.15, 0.2) is 0 Å². The van der Waals surface area contributed by atoms with Gasteiger partial charge in [0.05, 0.1) is 22.9 Å². The first-order chi connectivity index (χ1) is 27.6. The van der Waals surface area contributed by atoms with E-state index in [1.165, 1.54) is 0 Å². The van der Waals surface area contributed by atoms with Crippen molar-refractivity contribution in [2.45, 2.75) is 112 Å². The average molecular weight is 942 g/mol. The predicted molar refractivity (Wildman–Crippen MR) is 202 cm³/mol. The molecule has 0 saturated heterocycles. The maximum atomic E-state index is 14.2. The molecule has 5 heterocycles. The second-order valence-corrected chi connectivity index (χ2v) is 18.3. The van der Waals surface area contributed by atoms with E-state index in [2.05, 4.69) is 39.9 Å². The van der Waals surface area contributed by atoms with Crippen LogP contribution < -0.4 is 19.4 Å². The second kappa shape index (κ2) is 16.8. The molecule has 0 aliphatic carbocycles. The van der Waals surface area contributed by atoms with Gasteiger partial charge in [-0.3, -0.25) is 0 Å². The minimum atomic E-state index is -4.90. The van der Waals surface area contributed by atoms with Crippen LogP contribution in [-0.4, -0.2) is 75.1 Å². The number of ether oxygens (including phenoxy) is 4. The molecule has 0 N–H and O–H groups in total. The van der Waals surface area contributed by atoms with E-state index in [1.54, 1.807) is 83.1 Å². The zero-order valence-electron chi connectivity index (χ0n) is 35.6. The molecular weight excluding hydrogens is 898 g/mol. The van der Waals surface area contributed by atoms with Gasteiger partial charge in [-0.1, -0.05) is 83.1 Å². The molecule has 3 aromatic heterocycles. The summed E-state index contributed by atoms with van der Waals surface area (Å²) in [6.45, 7) is 12.3. The molecule has 0 amide bonds. The molecule has 2 aliphatic heterocycles. The predicted octanol–water partition coefficient (Wildman–Crippen LogP) is 9.98. The number of aromatic nitrogens is 8. The molecule has 0 unspecified atom stereocenters. The van der Waals surface area contributed by atoms with Gasteiger partial charge in [-0.15, -0.1) is 0 Å². The topological polar surface area (TPSA) is 142 Å². The van der Waals surface area contributed by atoms with Gasteiger partial charge in [0.25, 0.3) is 0 Å². The standard InChI is InChI=1S/C39H44F10N8O4.Cu/c1-33(2,3)17-21(58-13-37(41,42)43)29-50-25(17)52-30-23(60-15-39(47,48)49)19(35(7,8)9)27(54-30)56-32-24(61-16-40)20(36(10,11)12)28(57-32)55-31-22(59-14-38(44,45)46)18(34(4,5)6)26(51-29)53-31;/h13-16H2,1-12H3;/q-2;+2. The van der Waals surface area contributed by atoms with Gasteiger partial charge in [0, 0.05) is 33.6 Å². The normalized spacial score (nSPS) is 14.6. The monoisotopic (exact) mass is 941 g/mol. The van der Waals surface area contributed by atoms with Crippen molar-refractivity contribution in [3.63, 3.8) is 0 Å². The molecule has 8 bridgehead atoms. The number of rotatable bonds is 8. The Morgan fingerprint density at radius 3 is 1.00 bits per heavy atom. The third-order valence-electron chi connectivity index (χ3n) is 8.65. The van der Waals surface area contributed by atoms with Crippen molar-refractivity contribution < 1.29 is 79.9 Å². The number of allylic oxidation sites excluding steroid dienone is 2. The van der Waals surface area contributed by atoms with Gasteiger partial charge in [0.2, 0.25) is 6.86 Å². The summed E-state index contributed by atoms with van der Waals surface area (Å²) in [5.74, 6) is -3.56. The molecular formula is C39H44CuF10N8O4. The van der Waals surface area contributed by atoms with Crippen molar-refractivity contribution in [3.8, 4) is 11.5 Å². The Morgan fingerprint density at radius 1 is 0.403 bits per heavy atom. The van der Waals surface area contributed by atoms with Crippen LogP contribution in [0.2, 0.25) is 0 Å². The summed E-state index contributed by atoms with van der Waals surface area (Å²) < 4.78 is 160. The van der Waals surface area contributed by atoms with Crippen LogP contribution in [0.4, 0.5) is 43.9 Å². The molecule has 2 aliphatic rings. The van der Waals surface area contributed by atoms with E-state index in [9.17, 15) is 43.9 Å². The van der Waals surface area contributed by atoms with Crippen LogP contribution >= 0.6 is 0 Å². The molecule has 345 valence electrons. The quantitative estimate of drug-likeness (QED) is 0.157. The molecule has 62 heavy (non-hydrogen) atoms. The van der Waals surface area contributed by atoms with Crippen molar-refractivity contribution >= 4 is 45.3 Å². The number of alkyl halides is 10. The second-order valence-electron chi connectivity index (χ2n) is 18.3. The first-order valence-electron chi connectivity index (χ1n) is 18.6. The summed E-state index contributed by atoms with van der Waals surface area (Å²) in [4.78, 5) is 35.8. The van der Waals surface area contributed by atoms with Gasteiger partial charge in [-0.25, -0.2) is 14.4 Å². The zero-order valence-corrected chi connectivity index (χ0v) is 36.6. The van der Waals surface area contributed by atoms with Crippen LogP contribution in [0, 0.1) is 10.8 Å². The Morgan fingerprint density at radius 2 is 0.710 bits per heavy atom. The molecule has 0 saturated carbocycles. The summed E-state index contributed by atoms with van der Waals surface area (Å²) in [7, 11) is 0. The molecule has 0 atom stereocenters. The molecule has 5 rings (SSSR count). The summed E-state index contributed by atoms with van der Waals surface area (Å²) in [5, 5.41) is 0. The van der Waals surface area contributed by atoms with Crippen LogP contribution in [0.1, 0.15) is 118 Å². The Kier molecular flexibility index (Phi) is 13.5. The molecule has 12 nitrogen and oxygen atoms in total. The number of fused-ring (bicyclic) bond motifs is 8. The smallest absolute Gasteiger partial charge is 0.483 e. The average Bonchev–Trinajstić information content (AvgIpc) is 3.77. The minimum Gasteiger partial charge on any atom is -0.483 e. The molecule has 0 aromatic carbocycles. The Bertz CT molecular complexity index is 2410. The summed E-state index contributed by atoms with van der Waals surface area (Å²) in [5.41, 5.74) is -6.46. The van der Waals surface area contributed by atoms with E-state index in [4.69, 9.17) is 18.9 Å². The zero-order chi connectivity index (χ0) is 46.1. The fraction of sp³-hybridized carbons (Fsp3) is 0.590. The van der Waals surface area contributed by atoms with Crippen molar-refractivity contribution in [3.05, 3.63) is 34.4 Å². The number of hydrogen-bond donors (Lipinski definition) is 0. The van der Waals surface area contributed by atoms with Crippen molar-refractivity contribution in [1.29, 1.82) is 0 Å². The van der Waals surface area contributed by atoms with Crippen LogP contribution in [0.25, 0.3) is 45.3 Å². The Balaban J connectivity index is 0.00000845. The number of hydrogen-bond acceptors (Lipinski definition) is 10. The van der Waals surface area contributed by atoms with Gasteiger partial charge < -0.3 is 48.9 Å². The van der Waals surface area contributed by atoms with Crippen molar-refractivity contribution in [2.75, 3.05) is 26.7 Å². The Hall–Kier alpha value is -4.66.